The summed E-state index contributed by atoms with van der Waals surface area (Å²) in [5, 5.41) is 63.7. The smallest absolute Gasteiger partial charge is 0.0947 e. The number of hydrogen-bond donors (Lipinski definition) is 8. The van der Waals surface area contributed by atoms with Crippen LogP contribution in [0, 0.1) is 0 Å². The average molecular weight is 380 g/mol. The van der Waals surface area contributed by atoms with Gasteiger partial charge in [-0.3, -0.25) is 9.80 Å². The van der Waals surface area contributed by atoms with E-state index >= 15 is 0 Å². The first kappa shape index (κ1) is 23.6. The SMILES string of the molecule is OC[C@H](O)[C@H](CO)N1CCNCCN([C@@H](CO)[C@@H](O)CO)CCNCC1. The molecule has 1 aliphatic rings. The van der Waals surface area contributed by atoms with Crippen LogP contribution in [0.25, 0.3) is 0 Å². The van der Waals surface area contributed by atoms with E-state index < -0.39 is 37.5 Å². The van der Waals surface area contributed by atoms with Crippen molar-refractivity contribution in [2.45, 2.75) is 24.3 Å². The maximum Gasteiger partial charge on any atom is 0.0947 e. The first-order chi connectivity index (χ1) is 12.6. The molecule has 0 aromatic carbocycles. The monoisotopic (exact) mass is 380 g/mol. The van der Waals surface area contributed by atoms with Crippen molar-refractivity contribution < 1.29 is 30.6 Å². The van der Waals surface area contributed by atoms with Gasteiger partial charge in [-0.05, 0) is 0 Å². The van der Waals surface area contributed by atoms with Crippen molar-refractivity contribution >= 4 is 0 Å². The van der Waals surface area contributed by atoms with E-state index in [0.29, 0.717) is 52.4 Å². The summed E-state index contributed by atoms with van der Waals surface area (Å²) < 4.78 is 0. The third-order valence-electron chi connectivity index (χ3n) is 4.88. The molecule has 1 fully saturated rings. The van der Waals surface area contributed by atoms with Crippen LogP contribution in [0.5, 0.6) is 0 Å². The molecule has 0 radical (unpaired) electrons. The highest BCUT2D eigenvalue weighted by atomic mass is 16.3. The first-order valence-corrected chi connectivity index (χ1v) is 9.28. The molecule has 0 aromatic heterocycles. The van der Waals surface area contributed by atoms with Gasteiger partial charge in [0.1, 0.15) is 0 Å². The molecule has 1 heterocycles. The van der Waals surface area contributed by atoms with Crippen LogP contribution < -0.4 is 10.6 Å². The zero-order valence-corrected chi connectivity index (χ0v) is 15.4. The Morgan fingerprint density at radius 1 is 0.577 bits per heavy atom. The summed E-state index contributed by atoms with van der Waals surface area (Å²) in [6, 6.07) is -1.02. The van der Waals surface area contributed by atoms with Crippen molar-refractivity contribution in [2.24, 2.45) is 0 Å². The lowest BCUT2D eigenvalue weighted by Crippen LogP contribution is -2.54. The van der Waals surface area contributed by atoms with Gasteiger partial charge < -0.3 is 41.3 Å². The van der Waals surface area contributed by atoms with Gasteiger partial charge in [0.2, 0.25) is 0 Å². The Bertz CT molecular complexity index is 311. The number of nitrogens with one attached hydrogen (secondary N) is 2. The second-order valence-corrected chi connectivity index (χ2v) is 6.57. The molecule has 1 saturated heterocycles. The number of rotatable bonds is 8. The molecule has 1 aliphatic heterocycles. The zero-order valence-electron chi connectivity index (χ0n) is 15.4. The largest absolute Gasteiger partial charge is 0.395 e. The van der Waals surface area contributed by atoms with Crippen LogP contribution >= 0.6 is 0 Å². The first-order valence-electron chi connectivity index (χ1n) is 9.28. The molecule has 156 valence electrons. The minimum Gasteiger partial charge on any atom is -0.395 e. The highest BCUT2D eigenvalue weighted by Crippen LogP contribution is 2.06. The van der Waals surface area contributed by atoms with Crippen molar-refractivity contribution in [3.8, 4) is 0 Å². The molecule has 8 N–H and O–H groups in total. The number of nitrogens with zero attached hydrogens (tertiary/aromatic N) is 2. The van der Waals surface area contributed by atoms with Crippen LogP contribution in [0.15, 0.2) is 0 Å². The van der Waals surface area contributed by atoms with E-state index in [1.165, 1.54) is 0 Å². The van der Waals surface area contributed by atoms with Crippen LogP contribution in [0.3, 0.4) is 0 Å². The number of aliphatic hydroxyl groups excluding tert-OH is 6. The van der Waals surface area contributed by atoms with Gasteiger partial charge in [-0.15, -0.1) is 0 Å². The average Bonchev–Trinajstić information content (AvgIpc) is 2.65. The molecule has 10 heteroatoms. The van der Waals surface area contributed by atoms with Gasteiger partial charge in [-0.2, -0.15) is 0 Å². The third kappa shape index (κ3) is 7.69. The summed E-state index contributed by atoms with van der Waals surface area (Å²) in [6.07, 6.45) is -1.98. The van der Waals surface area contributed by atoms with Gasteiger partial charge in [-0.1, -0.05) is 0 Å². The minimum atomic E-state index is -0.992. The van der Waals surface area contributed by atoms with Crippen LogP contribution in [0.4, 0.5) is 0 Å². The normalized spacial score (nSPS) is 24.2. The predicted molar refractivity (Wildman–Crippen MR) is 96.8 cm³/mol. The molecule has 0 aromatic rings. The zero-order chi connectivity index (χ0) is 19.4. The second kappa shape index (κ2) is 13.7. The summed E-state index contributed by atoms with van der Waals surface area (Å²) in [5.74, 6) is 0. The van der Waals surface area contributed by atoms with Crippen molar-refractivity contribution in [3.05, 3.63) is 0 Å². The Hall–Kier alpha value is -0.400. The molecule has 0 amide bonds. The summed E-state index contributed by atoms with van der Waals surface area (Å²) in [7, 11) is 0. The molecule has 1 rings (SSSR count). The van der Waals surface area contributed by atoms with Gasteiger partial charge in [0.05, 0.1) is 50.7 Å². The second-order valence-electron chi connectivity index (χ2n) is 6.57. The van der Waals surface area contributed by atoms with E-state index in [1.807, 2.05) is 9.80 Å². The highest BCUT2D eigenvalue weighted by Gasteiger charge is 2.26. The van der Waals surface area contributed by atoms with Crippen molar-refractivity contribution in [1.29, 1.82) is 0 Å². The minimum absolute atomic E-state index is 0.229. The fraction of sp³-hybridized carbons (Fsp3) is 1.00. The van der Waals surface area contributed by atoms with Gasteiger partial charge >= 0.3 is 0 Å². The van der Waals surface area contributed by atoms with Gasteiger partial charge in [0, 0.05) is 52.4 Å². The van der Waals surface area contributed by atoms with E-state index in [-0.39, 0.29) is 13.2 Å². The highest BCUT2D eigenvalue weighted by molar-refractivity contribution is 4.82. The van der Waals surface area contributed by atoms with E-state index in [9.17, 15) is 20.4 Å². The summed E-state index contributed by atoms with van der Waals surface area (Å²) in [6.45, 7) is 3.70. The Balaban J connectivity index is 2.61. The van der Waals surface area contributed by atoms with Gasteiger partial charge in [0.15, 0.2) is 0 Å². The number of aliphatic hydroxyl groups is 6. The van der Waals surface area contributed by atoms with E-state index in [1.54, 1.807) is 0 Å². The fourth-order valence-electron chi connectivity index (χ4n) is 3.23. The maximum absolute atomic E-state index is 9.89. The molecule has 0 saturated carbocycles. The van der Waals surface area contributed by atoms with Crippen molar-refractivity contribution in [1.82, 2.24) is 20.4 Å². The Morgan fingerprint density at radius 2 is 0.885 bits per heavy atom. The van der Waals surface area contributed by atoms with E-state index in [2.05, 4.69) is 10.6 Å². The molecule has 10 nitrogen and oxygen atoms in total. The van der Waals surface area contributed by atoms with Gasteiger partial charge in [-0.25, -0.2) is 0 Å². The Labute approximate surface area is 155 Å². The molecule has 0 bridgehead atoms. The topological polar surface area (TPSA) is 152 Å². The molecule has 0 spiro atoms. The Morgan fingerprint density at radius 3 is 1.12 bits per heavy atom. The quantitative estimate of drug-likeness (QED) is 0.206. The van der Waals surface area contributed by atoms with Crippen molar-refractivity contribution in [3.63, 3.8) is 0 Å². The number of hydrogen-bond acceptors (Lipinski definition) is 10. The standard InChI is InChI=1S/C16H36N4O6/c21-9-13(15(25)11-23)19-5-1-17-2-6-20(8-4-18-3-7-19)14(10-22)16(26)12-24/h13-18,21-26H,1-12H2/t13-,14-,15-,16-/m0/s1. The lowest BCUT2D eigenvalue weighted by atomic mass is 10.1. The molecule has 0 aliphatic carbocycles. The lowest BCUT2D eigenvalue weighted by molar-refractivity contribution is -0.0168. The molecular formula is C16H36N4O6. The Kier molecular flexibility index (Phi) is 12.5. The van der Waals surface area contributed by atoms with Crippen molar-refractivity contribution in [2.75, 3.05) is 78.8 Å². The summed E-state index contributed by atoms with van der Waals surface area (Å²) in [5.41, 5.74) is 0. The van der Waals surface area contributed by atoms with E-state index in [0.717, 1.165) is 0 Å². The van der Waals surface area contributed by atoms with Gasteiger partial charge in [0.25, 0.3) is 0 Å². The predicted octanol–water partition coefficient (Wildman–Crippen LogP) is -4.79. The molecule has 26 heavy (non-hydrogen) atoms. The lowest BCUT2D eigenvalue weighted by Gasteiger charge is -2.35. The van der Waals surface area contributed by atoms with Crippen LogP contribution in [0.2, 0.25) is 0 Å². The third-order valence-corrected chi connectivity index (χ3v) is 4.88. The summed E-state index contributed by atoms with van der Waals surface area (Å²) >= 11 is 0. The van der Waals surface area contributed by atoms with Crippen LogP contribution in [-0.2, 0) is 0 Å². The molecule has 4 atom stereocenters. The van der Waals surface area contributed by atoms with Crippen LogP contribution in [-0.4, -0.2) is 144 Å². The summed E-state index contributed by atoms with van der Waals surface area (Å²) in [4.78, 5) is 3.90. The molecular weight excluding hydrogens is 344 g/mol. The van der Waals surface area contributed by atoms with E-state index in [4.69, 9.17) is 10.2 Å². The maximum atomic E-state index is 9.89. The fourth-order valence-corrected chi connectivity index (χ4v) is 3.23. The molecule has 0 unspecified atom stereocenters. The van der Waals surface area contributed by atoms with Crippen LogP contribution in [0.1, 0.15) is 0 Å².